The Hall–Kier alpha value is -1.89. The van der Waals surface area contributed by atoms with Crippen LogP contribution in [0.3, 0.4) is 0 Å². The average Bonchev–Trinajstić information content (AvgIpc) is 2.90. The van der Waals surface area contributed by atoms with Crippen molar-refractivity contribution >= 4 is 17.7 Å². The monoisotopic (exact) mass is 308 g/mol. The molecule has 0 bridgehead atoms. The summed E-state index contributed by atoms with van der Waals surface area (Å²) in [6.07, 6.45) is 1.58. The van der Waals surface area contributed by atoms with Crippen molar-refractivity contribution in [2.24, 2.45) is 5.92 Å². The van der Waals surface area contributed by atoms with Crippen LogP contribution >= 0.6 is 0 Å². The van der Waals surface area contributed by atoms with Crippen LogP contribution in [0, 0.1) is 12.8 Å². The normalized spacial score (nSPS) is 18.0. The van der Waals surface area contributed by atoms with Crippen LogP contribution < -0.4 is 5.32 Å². The van der Waals surface area contributed by atoms with Gasteiger partial charge in [-0.1, -0.05) is 5.16 Å². The zero-order valence-electron chi connectivity index (χ0n) is 13.6. The molecule has 1 aromatic heterocycles. The number of likely N-dealkylation sites (tertiary alicyclic amines) is 1. The van der Waals surface area contributed by atoms with Gasteiger partial charge in [0.1, 0.15) is 0 Å². The van der Waals surface area contributed by atoms with Crippen LogP contribution in [0.2, 0.25) is 0 Å². The van der Waals surface area contributed by atoms with Gasteiger partial charge in [-0.3, -0.25) is 19.8 Å². The van der Waals surface area contributed by atoms with E-state index in [4.69, 9.17) is 4.52 Å². The summed E-state index contributed by atoms with van der Waals surface area (Å²) in [5, 5.41) is 6.47. The fraction of sp³-hybridized carbons (Fsp3) is 0.667. The lowest BCUT2D eigenvalue weighted by atomic mass is 9.94. The second kappa shape index (κ2) is 6.91. The summed E-state index contributed by atoms with van der Waals surface area (Å²) in [7, 11) is 3.56. The number of carbonyl (C=O) groups is 2. The van der Waals surface area contributed by atoms with Crippen LogP contribution in [0.5, 0.6) is 0 Å². The highest BCUT2D eigenvalue weighted by molar-refractivity contribution is 5.93. The quantitative estimate of drug-likeness (QED) is 0.901. The van der Waals surface area contributed by atoms with E-state index >= 15 is 0 Å². The van der Waals surface area contributed by atoms with E-state index in [0.29, 0.717) is 5.88 Å². The first-order valence-corrected chi connectivity index (χ1v) is 7.58. The van der Waals surface area contributed by atoms with Gasteiger partial charge in [-0.05, 0) is 39.8 Å². The summed E-state index contributed by atoms with van der Waals surface area (Å²) < 4.78 is 5.00. The highest BCUT2D eigenvalue weighted by Gasteiger charge is 2.30. The van der Waals surface area contributed by atoms with E-state index in [1.807, 2.05) is 6.92 Å². The van der Waals surface area contributed by atoms with Gasteiger partial charge in [0.2, 0.25) is 17.7 Å². The molecule has 1 aliphatic rings. The second-order valence-electron chi connectivity index (χ2n) is 6.04. The number of carbonyl (C=O) groups excluding carboxylic acids is 2. The Bertz CT molecular complexity index is 533. The van der Waals surface area contributed by atoms with E-state index in [2.05, 4.69) is 15.4 Å². The predicted octanol–water partition coefficient (Wildman–Crippen LogP) is 1.11. The van der Waals surface area contributed by atoms with Crippen molar-refractivity contribution in [2.75, 3.05) is 32.5 Å². The molecule has 0 spiro atoms. The largest absolute Gasteiger partial charge is 0.349 e. The number of anilines is 1. The topological polar surface area (TPSA) is 78.7 Å². The molecule has 1 aliphatic heterocycles. The van der Waals surface area contributed by atoms with Gasteiger partial charge in [-0.15, -0.1) is 0 Å². The summed E-state index contributed by atoms with van der Waals surface area (Å²) in [4.78, 5) is 27.9. The van der Waals surface area contributed by atoms with Gasteiger partial charge in [0.25, 0.3) is 0 Å². The summed E-state index contributed by atoms with van der Waals surface area (Å²) in [5.41, 5.74) is 0.728. The van der Waals surface area contributed by atoms with E-state index in [1.165, 1.54) is 0 Å². The Morgan fingerprint density at radius 3 is 2.55 bits per heavy atom. The molecule has 1 saturated heterocycles. The zero-order chi connectivity index (χ0) is 16.3. The molecule has 0 radical (unpaired) electrons. The van der Waals surface area contributed by atoms with Gasteiger partial charge in [0.05, 0.1) is 11.7 Å². The number of rotatable bonds is 4. The highest BCUT2D eigenvalue weighted by Crippen LogP contribution is 2.21. The van der Waals surface area contributed by atoms with Gasteiger partial charge >= 0.3 is 0 Å². The summed E-state index contributed by atoms with van der Waals surface area (Å²) in [5.74, 6) is 0.493. The van der Waals surface area contributed by atoms with Gasteiger partial charge in [-0.25, -0.2) is 0 Å². The van der Waals surface area contributed by atoms with Crippen LogP contribution in [0.1, 0.15) is 25.5 Å². The van der Waals surface area contributed by atoms with Crippen molar-refractivity contribution < 1.29 is 14.1 Å². The number of nitrogens with zero attached hydrogens (tertiary/aromatic N) is 3. The van der Waals surface area contributed by atoms with E-state index < -0.39 is 0 Å². The highest BCUT2D eigenvalue weighted by atomic mass is 16.5. The second-order valence-corrected chi connectivity index (χ2v) is 6.04. The number of nitrogens with one attached hydrogen (secondary N) is 1. The third-order valence-electron chi connectivity index (χ3n) is 4.12. The smallest absolute Gasteiger partial charge is 0.243 e. The lowest BCUT2D eigenvalue weighted by Gasteiger charge is -2.35. The number of piperidine rings is 1. The van der Waals surface area contributed by atoms with Gasteiger partial charge in [0, 0.05) is 26.1 Å². The lowest BCUT2D eigenvalue weighted by Crippen LogP contribution is -2.48. The SMILES string of the molecule is Cc1cc(NC(=O)C(C)N2CCC(C(=O)N(C)C)CC2)on1. The molecule has 2 amide bonds. The molecule has 1 fully saturated rings. The molecule has 1 N–H and O–H groups in total. The van der Waals surface area contributed by atoms with Crippen molar-refractivity contribution in [3.05, 3.63) is 11.8 Å². The molecule has 1 aromatic rings. The first kappa shape index (κ1) is 16.5. The number of hydrogen-bond acceptors (Lipinski definition) is 5. The van der Waals surface area contributed by atoms with Gasteiger partial charge in [-0.2, -0.15) is 0 Å². The standard InChI is InChI=1S/C15H24N4O3/c1-10-9-13(22-17-10)16-14(20)11(2)19-7-5-12(6-8-19)15(21)18(3)4/h9,11-12H,5-8H2,1-4H3,(H,16,20). The third kappa shape index (κ3) is 3.85. The Balaban J connectivity index is 1.85. The molecule has 2 heterocycles. The molecule has 1 atom stereocenters. The maximum absolute atomic E-state index is 12.2. The third-order valence-corrected chi connectivity index (χ3v) is 4.12. The Kier molecular flexibility index (Phi) is 5.18. The molecule has 0 aliphatic carbocycles. The summed E-state index contributed by atoms with van der Waals surface area (Å²) >= 11 is 0. The minimum absolute atomic E-state index is 0.0680. The van der Waals surface area contributed by atoms with Crippen LogP contribution in [-0.2, 0) is 9.59 Å². The minimum Gasteiger partial charge on any atom is -0.349 e. The first-order chi connectivity index (χ1) is 10.4. The fourth-order valence-corrected chi connectivity index (χ4v) is 2.71. The molecule has 2 rings (SSSR count). The fourth-order valence-electron chi connectivity index (χ4n) is 2.71. The molecule has 122 valence electrons. The maximum Gasteiger partial charge on any atom is 0.243 e. The number of aryl methyl sites for hydroxylation is 1. The maximum atomic E-state index is 12.2. The zero-order valence-corrected chi connectivity index (χ0v) is 13.6. The molecule has 0 saturated carbocycles. The van der Waals surface area contributed by atoms with Crippen LogP contribution in [-0.4, -0.2) is 60.0 Å². The minimum atomic E-state index is -0.263. The molecule has 22 heavy (non-hydrogen) atoms. The van der Waals surface area contributed by atoms with Gasteiger partial charge in [0.15, 0.2) is 0 Å². The molecule has 7 nitrogen and oxygen atoms in total. The van der Waals surface area contributed by atoms with Crippen LogP contribution in [0.4, 0.5) is 5.88 Å². The summed E-state index contributed by atoms with van der Waals surface area (Å²) in [6.45, 7) is 5.16. The van der Waals surface area contributed by atoms with Crippen molar-refractivity contribution in [3.63, 3.8) is 0 Å². The van der Waals surface area contributed by atoms with E-state index in [0.717, 1.165) is 31.6 Å². The molecular weight excluding hydrogens is 284 g/mol. The number of aromatic nitrogens is 1. The molecule has 1 unspecified atom stereocenters. The van der Waals surface area contributed by atoms with E-state index in [1.54, 1.807) is 32.0 Å². The lowest BCUT2D eigenvalue weighted by molar-refractivity contribution is -0.134. The number of amides is 2. The van der Waals surface area contributed by atoms with Gasteiger partial charge < -0.3 is 9.42 Å². The van der Waals surface area contributed by atoms with Crippen LogP contribution in [0.15, 0.2) is 10.6 Å². The molecular formula is C15H24N4O3. The van der Waals surface area contributed by atoms with Crippen molar-refractivity contribution in [1.82, 2.24) is 15.0 Å². The van der Waals surface area contributed by atoms with Crippen molar-refractivity contribution in [1.29, 1.82) is 0 Å². The summed E-state index contributed by atoms with van der Waals surface area (Å²) in [6, 6.07) is 1.42. The Morgan fingerprint density at radius 2 is 2.05 bits per heavy atom. The van der Waals surface area contributed by atoms with Crippen LogP contribution in [0.25, 0.3) is 0 Å². The Labute approximate surface area is 130 Å². The van der Waals surface area contributed by atoms with E-state index in [9.17, 15) is 9.59 Å². The van der Waals surface area contributed by atoms with E-state index in [-0.39, 0.29) is 23.8 Å². The average molecular weight is 308 g/mol. The van der Waals surface area contributed by atoms with Crippen molar-refractivity contribution in [2.45, 2.75) is 32.7 Å². The molecule has 0 aromatic carbocycles. The van der Waals surface area contributed by atoms with Crippen molar-refractivity contribution in [3.8, 4) is 0 Å². The first-order valence-electron chi connectivity index (χ1n) is 7.58. The predicted molar refractivity (Wildman–Crippen MR) is 82.3 cm³/mol. The molecule has 7 heteroatoms. The Morgan fingerprint density at radius 1 is 1.41 bits per heavy atom. The number of hydrogen-bond donors (Lipinski definition) is 1.